The van der Waals surface area contributed by atoms with Crippen LogP contribution in [-0.2, 0) is 4.74 Å². The Bertz CT molecular complexity index is 784. The van der Waals surface area contributed by atoms with Crippen molar-refractivity contribution in [3.8, 4) is 5.75 Å². The minimum absolute atomic E-state index is 0.0118. The summed E-state index contributed by atoms with van der Waals surface area (Å²) < 4.78 is 11.3. The monoisotopic (exact) mass is 374 g/mol. The summed E-state index contributed by atoms with van der Waals surface area (Å²) in [5, 5.41) is 2.84. The van der Waals surface area contributed by atoms with Gasteiger partial charge in [-0.25, -0.2) is 0 Å². The van der Waals surface area contributed by atoms with Gasteiger partial charge in [-0.05, 0) is 55.3 Å². The Morgan fingerprint density at radius 1 is 1.22 bits per heavy atom. The van der Waals surface area contributed by atoms with Crippen LogP contribution in [0.25, 0.3) is 0 Å². The zero-order chi connectivity index (χ0) is 19.3. The molecule has 4 fully saturated rings. The molecule has 4 aliphatic rings. The number of aromatic amines is 1. The van der Waals surface area contributed by atoms with Crippen LogP contribution in [0.15, 0.2) is 17.1 Å². The first-order valence-corrected chi connectivity index (χ1v) is 9.93. The van der Waals surface area contributed by atoms with Gasteiger partial charge < -0.3 is 19.8 Å². The van der Waals surface area contributed by atoms with Crippen molar-refractivity contribution < 1.29 is 14.3 Å². The number of hydrogen-bond acceptors (Lipinski definition) is 4. The number of H-pyrrole nitrogens is 1. The highest BCUT2D eigenvalue weighted by atomic mass is 16.5. The van der Waals surface area contributed by atoms with Crippen LogP contribution < -0.4 is 15.5 Å². The van der Waals surface area contributed by atoms with Crippen molar-refractivity contribution in [2.45, 2.75) is 58.0 Å². The van der Waals surface area contributed by atoms with Gasteiger partial charge in [0, 0.05) is 18.8 Å². The number of methoxy groups -OCH3 is 1. The fourth-order valence-corrected chi connectivity index (χ4v) is 6.78. The van der Waals surface area contributed by atoms with E-state index < -0.39 is 0 Å². The molecular formula is C21H30N2O4. The zero-order valence-electron chi connectivity index (χ0n) is 16.5. The Morgan fingerprint density at radius 2 is 1.93 bits per heavy atom. The van der Waals surface area contributed by atoms with Crippen molar-refractivity contribution in [1.82, 2.24) is 10.3 Å². The lowest BCUT2D eigenvalue weighted by Crippen LogP contribution is -2.59. The second kappa shape index (κ2) is 6.36. The highest BCUT2D eigenvalue weighted by molar-refractivity contribution is 5.92. The summed E-state index contributed by atoms with van der Waals surface area (Å²) in [6, 6.07) is 1.26. The molecule has 0 radical (unpaired) electrons. The van der Waals surface area contributed by atoms with Crippen LogP contribution >= 0.6 is 0 Å². The van der Waals surface area contributed by atoms with Crippen LogP contribution in [0.5, 0.6) is 5.75 Å². The molecule has 1 aromatic heterocycles. The third kappa shape index (κ3) is 3.51. The Kier molecular flexibility index (Phi) is 4.37. The van der Waals surface area contributed by atoms with Gasteiger partial charge >= 0.3 is 0 Å². The molecule has 5 rings (SSSR count). The lowest BCUT2D eigenvalue weighted by molar-refractivity contribution is -0.213. The highest BCUT2D eigenvalue weighted by Crippen LogP contribution is 2.67. The maximum atomic E-state index is 12.2. The van der Waals surface area contributed by atoms with Gasteiger partial charge in [-0.15, -0.1) is 0 Å². The Balaban J connectivity index is 1.32. The van der Waals surface area contributed by atoms with Crippen LogP contribution in [0.1, 0.15) is 62.9 Å². The molecular weight excluding hydrogens is 344 g/mol. The van der Waals surface area contributed by atoms with Gasteiger partial charge in [0.25, 0.3) is 5.91 Å². The predicted octanol–water partition coefficient (Wildman–Crippen LogP) is 2.88. The molecule has 148 valence electrons. The van der Waals surface area contributed by atoms with Gasteiger partial charge in [-0.3, -0.25) is 9.59 Å². The van der Waals surface area contributed by atoms with E-state index in [2.05, 4.69) is 24.1 Å². The van der Waals surface area contributed by atoms with Gasteiger partial charge in [0.15, 0.2) is 5.75 Å². The standard InChI is InChI=1S/C21H30N2O4/c1-19-7-14-8-20(2,11-19)13-21(9-14,12-19)27-5-4-22-18(25)15-6-16(24)17(26-3)10-23-15/h6,10,14H,4-5,7-9,11-13H2,1-3H3,(H,22,25)(H,23,24)/t14?,19-,20-,21?/m0/s1. The zero-order valence-corrected chi connectivity index (χ0v) is 16.5. The quantitative estimate of drug-likeness (QED) is 0.751. The number of ether oxygens (including phenoxy) is 2. The molecule has 0 aliphatic heterocycles. The minimum atomic E-state index is -0.312. The Morgan fingerprint density at radius 3 is 2.52 bits per heavy atom. The van der Waals surface area contributed by atoms with Gasteiger partial charge in [0.2, 0.25) is 5.43 Å². The maximum absolute atomic E-state index is 12.2. The topological polar surface area (TPSA) is 80.4 Å². The minimum Gasteiger partial charge on any atom is -0.491 e. The van der Waals surface area contributed by atoms with E-state index in [-0.39, 0.29) is 28.4 Å². The second-order valence-electron chi connectivity index (χ2n) is 9.70. The molecule has 0 aromatic carbocycles. The van der Waals surface area contributed by atoms with E-state index in [9.17, 15) is 9.59 Å². The van der Waals surface area contributed by atoms with E-state index in [0.29, 0.717) is 24.0 Å². The molecule has 0 unspecified atom stereocenters. The van der Waals surface area contributed by atoms with E-state index in [0.717, 1.165) is 25.2 Å². The number of aromatic nitrogens is 1. The summed E-state index contributed by atoms with van der Waals surface area (Å²) in [7, 11) is 1.42. The fraction of sp³-hybridized carbons (Fsp3) is 0.714. The average Bonchev–Trinajstić information content (AvgIpc) is 2.55. The molecule has 1 heterocycles. The summed E-state index contributed by atoms with van der Waals surface area (Å²) in [4.78, 5) is 26.8. The number of amides is 1. The molecule has 6 heteroatoms. The van der Waals surface area contributed by atoms with Crippen LogP contribution in [0.3, 0.4) is 0 Å². The number of carbonyl (C=O) groups is 1. The number of hydrogen-bond donors (Lipinski definition) is 2. The Labute approximate surface area is 160 Å². The van der Waals surface area contributed by atoms with Gasteiger partial charge in [-0.2, -0.15) is 0 Å². The van der Waals surface area contributed by atoms with Crippen LogP contribution in [0, 0.1) is 16.7 Å². The molecule has 1 amide bonds. The summed E-state index contributed by atoms with van der Waals surface area (Å²) in [6.07, 6.45) is 8.87. The lowest BCUT2D eigenvalue weighted by atomic mass is 9.43. The molecule has 2 N–H and O–H groups in total. The fourth-order valence-electron chi connectivity index (χ4n) is 6.78. The SMILES string of the molecule is COc1c[nH]c(C(=O)NCCOC23CC4C[C@](C)(C2)C[C@](C)(C4)C3)cc1=O. The first-order valence-electron chi connectivity index (χ1n) is 9.93. The van der Waals surface area contributed by atoms with E-state index in [1.165, 1.54) is 38.6 Å². The first-order chi connectivity index (χ1) is 12.7. The molecule has 4 saturated carbocycles. The first kappa shape index (κ1) is 18.5. The summed E-state index contributed by atoms with van der Waals surface area (Å²) in [5.74, 6) is 0.677. The van der Waals surface area contributed by atoms with Crippen molar-refractivity contribution in [3.05, 3.63) is 28.2 Å². The molecule has 0 saturated heterocycles. The molecule has 6 nitrogen and oxygen atoms in total. The summed E-state index contributed by atoms with van der Waals surface area (Å²) in [5.41, 5.74) is 0.741. The maximum Gasteiger partial charge on any atom is 0.267 e. The highest BCUT2D eigenvalue weighted by Gasteiger charge is 2.60. The largest absolute Gasteiger partial charge is 0.491 e. The van der Waals surface area contributed by atoms with Crippen LogP contribution in [-0.4, -0.2) is 36.8 Å². The molecule has 4 bridgehead atoms. The van der Waals surface area contributed by atoms with Crippen LogP contribution in [0.2, 0.25) is 0 Å². The van der Waals surface area contributed by atoms with Crippen molar-refractivity contribution in [1.29, 1.82) is 0 Å². The van der Waals surface area contributed by atoms with Crippen molar-refractivity contribution in [2.75, 3.05) is 20.3 Å². The van der Waals surface area contributed by atoms with E-state index >= 15 is 0 Å². The van der Waals surface area contributed by atoms with E-state index in [4.69, 9.17) is 9.47 Å². The van der Waals surface area contributed by atoms with Crippen molar-refractivity contribution in [2.24, 2.45) is 16.7 Å². The Hall–Kier alpha value is -1.82. The third-order valence-corrected chi connectivity index (χ3v) is 6.71. The smallest absolute Gasteiger partial charge is 0.267 e. The predicted molar refractivity (Wildman–Crippen MR) is 102 cm³/mol. The third-order valence-electron chi connectivity index (χ3n) is 6.71. The molecule has 0 spiro atoms. The van der Waals surface area contributed by atoms with Crippen molar-refractivity contribution in [3.63, 3.8) is 0 Å². The number of pyridine rings is 1. The number of carbonyl (C=O) groups excluding carboxylic acids is 1. The molecule has 2 atom stereocenters. The average molecular weight is 374 g/mol. The summed E-state index contributed by atoms with van der Waals surface area (Å²) in [6.45, 7) is 5.79. The van der Waals surface area contributed by atoms with E-state index in [1.54, 1.807) is 0 Å². The van der Waals surface area contributed by atoms with Gasteiger partial charge in [-0.1, -0.05) is 13.8 Å². The second-order valence-corrected chi connectivity index (χ2v) is 9.70. The number of rotatable bonds is 6. The van der Waals surface area contributed by atoms with Gasteiger partial charge in [0.1, 0.15) is 5.69 Å². The molecule has 27 heavy (non-hydrogen) atoms. The lowest BCUT2D eigenvalue weighted by Gasteiger charge is -2.65. The molecule has 1 aromatic rings. The number of nitrogens with one attached hydrogen (secondary N) is 2. The summed E-state index contributed by atoms with van der Waals surface area (Å²) >= 11 is 0. The van der Waals surface area contributed by atoms with Crippen molar-refractivity contribution >= 4 is 5.91 Å². The van der Waals surface area contributed by atoms with Gasteiger partial charge in [0.05, 0.1) is 19.3 Å². The van der Waals surface area contributed by atoms with Crippen LogP contribution in [0.4, 0.5) is 0 Å². The molecule has 4 aliphatic carbocycles. The normalized spacial score (nSPS) is 36.6. The van der Waals surface area contributed by atoms with E-state index in [1.807, 2.05) is 0 Å².